The van der Waals surface area contributed by atoms with Gasteiger partial charge < -0.3 is 10.4 Å². The van der Waals surface area contributed by atoms with E-state index in [0.29, 0.717) is 6.54 Å². The van der Waals surface area contributed by atoms with Crippen LogP contribution in [0.5, 0.6) is 0 Å². The normalized spacial score (nSPS) is 13.0. The molecule has 4 heteroatoms. The van der Waals surface area contributed by atoms with Crippen molar-refractivity contribution in [2.45, 2.75) is 45.9 Å². The van der Waals surface area contributed by atoms with Gasteiger partial charge in [-0.15, -0.1) is 0 Å². The van der Waals surface area contributed by atoms with Gasteiger partial charge in [0, 0.05) is 31.4 Å². The fourth-order valence-corrected chi connectivity index (χ4v) is 1.49. The van der Waals surface area contributed by atoms with Crippen LogP contribution in [0.2, 0.25) is 0 Å². The monoisotopic (exact) mass is 211 g/mol. The average Bonchev–Trinajstić information content (AvgIpc) is 2.66. The highest BCUT2D eigenvalue weighted by Gasteiger charge is 2.02. The number of nitrogens with zero attached hydrogens (tertiary/aromatic N) is 2. The van der Waals surface area contributed by atoms with E-state index in [9.17, 15) is 5.11 Å². The van der Waals surface area contributed by atoms with Crippen molar-refractivity contribution in [3.8, 4) is 0 Å². The van der Waals surface area contributed by atoms with E-state index < -0.39 is 0 Å². The van der Waals surface area contributed by atoms with Crippen molar-refractivity contribution in [1.82, 2.24) is 15.1 Å². The van der Waals surface area contributed by atoms with E-state index in [2.05, 4.69) is 24.3 Å². The Kier molecular flexibility index (Phi) is 5.36. The molecule has 0 radical (unpaired) electrons. The van der Waals surface area contributed by atoms with Gasteiger partial charge in [0.05, 0.1) is 12.3 Å². The van der Waals surface area contributed by atoms with Crippen LogP contribution in [0.15, 0.2) is 12.4 Å². The molecule has 0 saturated carbocycles. The van der Waals surface area contributed by atoms with E-state index in [1.54, 1.807) is 0 Å². The largest absolute Gasteiger partial charge is 0.392 e. The van der Waals surface area contributed by atoms with Gasteiger partial charge in [0.2, 0.25) is 0 Å². The van der Waals surface area contributed by atoms with Gasteiger partial charge in [-0.1, -0.05) is 13.3 Å². The Balaban J connectivity index is 2.19. The summed E-state index contributed by atoms with van der Waals surface area (Å²) in [6.07, 6.45) is 5.55. The van der Waals surface area contributed by atoms with E-state index in [1.807, 2.05) is 17.1 Å². The lowest BCUT2D eigenvalue weighted by atomic mass is 10.2. The molecule has 1 heterocycles. The Morgan fingerprint density at radius 2 is 2.33 bits per heavy atom. The molecule has 0 aliphatic carbocycles. The minimum atomic E-state index is -0.226. The van der Waals surface area contributed by atoms with Crippen LogP contribution >= 0.6 is 0 Å². The molecule has 0 amide bonds. The zero-order valence-electron chi connectivity index (χ0n) is 9.61. The van der Waals surface area contributed by atoms with Gasteiger partial charge in [-0.25, -0.2) is 0 Å². The van der Waals surface area contributed by atoms with Gasteiger partial charge in [0.1, 0.15) is 0 Å². The van der Waals surface area contributed by atoms with Gasteiger partial charge >= 0.3 is 0 Å². The highest BCUT2D eigenvalue weighted by Crippen LogP contribution is 1.98. The molecule has 0 fully saturated rings. The summed E-state index contributed by atoms with van der Waals surface area (Å²) in [5.41, 5.74) is 1.17. The van der Waals surface area contributed by atoms with Gasteiger partial charge in [0.25, 0.3) is 0 Å². The first-order chi connectivity index (χ1) is 7.26. The first kappa shape index (κ1) is 12.2. The number of rotatable bonds is 7. The lowest BCUT2D eigenvalue weighted by Gasteiger charge is -2.09. The Hall–Kier alpha value is -0.870. The summed E-state index contributed by atoms with van der Waals surface area (Å²) >= 11 is 0. The summed E-state index contributed by atoms with van der Waals surface area (Å²) in [7, 11) is 0. The fraction of sp³-hybridized carbons (Fsp3) is 0.727. The molecule has 2 N–H and O–H groups in total. The lowest BCUT2D eigenvalue weighted by molar-refractivity contribution is 0.160. The molecule has 0 bridgehead atoms. The van der Waals surface area contributed by atoms with Crippen molar-refractivity contribution in [1.29, 1.82) is 0 Å². The second-order valence-corrected chi connectivity index (χ2v) is 3.78. The number of hydrogen-bond acceptors (Lipinski definition) is 3. The Bertz CT molecular complexity index is 273. The number of aromatic nitrogens is 2. The zero-order valence-corrected chi connectivity index (χ0v) is 9.61. The SMILES string of the molecule is CCCC(O)CNCc1cnn(CC)c1. The van der Waals surface area contributed by atoms with E-state index >= 15 is 0 Å². The minimum Gasteiger partial charge on any atom is -0.392 e. The molecule has 15 heavy (non-hydrogen) atoms. The van der Waals surface area contributed by atoms with E-state index in [0.717, 1.165) is 25.9 Å². The molecular formula is C11H21N3O. The van der Waals surface area contributed by atoms with Crippen molar-refractivity contribution >= 4 is 0 Å². The maximum atomic E-state index is 9.50. The standard InChI is InChI=1S/C11H21N3O/c1-3-5-11(15)8-12-6-10-7-13-14(4-2)9-10/h7,9,11-12,15H,3-6,8H2,1-2H3. The lowest BCUT2D eigenvalue weighted by Crippen LogP contribution is -2.26. The third-order valence-corrected chi connectivity index (χ3v) is 2.34. The van der Waals surface area contributed by atoms with Crippen LogP contribution in [0.1, 0.15) is 32.3 Å². The van der Waals surface area contributed by atoms with Crippen molar-refractivity contribution in [2.24, 2.45) is 0 Å². The highest BCUT2D eigenvalue weighted by molar-refractivity contribution is 5.03. The summed E-state index contributed by atoms with van der Waals surface area (Å²) in [5.74, 6) is 0. The average molecular weight is 211 g/mol. The highest BCUT2D eigenvalue weighted by atomic mass is 16.3. The smallest absolute Gasteiger partial charge is 0.0664 e. The van der Waals surface area contributed by atoms with Crippen LogP contribution in [0, 0.1) is 0 Å². The fourth-order valence-electron chi connectivity index (χ4n) is 1.49. The molecule has 0 aliphatic rings. The first-order valence-corrected chi connectivity index (χ1v) is 5.66. The van der Waals surface area contributed by atoms with Crippen molar-refractivity contribution < 1.29 is 5.11 Å². The maximum absolute atomic E-state index is 9.50. The number of hydrogen-bond donors (Lipinski definition) is 2. The molecule has 1 unspecified atom stereocenters. The van der Waals surface area contributed by atoms with E-state index in [4.69, 9.17) is 0 Å². The molecule has 0 spiro atoms. The first-order valence-electron chi connectivity index (χ1n) is 5.66. The van der Waals surface area contributed by atoms with Gasteiger partial charge in [-0.05, 0) is 13.3 Å². The second-order valence-electron chi connectivity index (χ2n) is 3.78. The molecule has 4 nitrogen and oxygen atoms in total. The third-order valence-electron chi connectivity index (χ3n) is 2.34. The van der Waals surface area contributed by atoms with Crippen LogP contribution in [0.25, 0.3) is 0 Å². The van der Waals surface area contributed by atoms with Gasteiger partial charge in [-0.3, -0.25) is 4.68 Å². The number of aliphatic hydroxyl groups is 1. The number of aryl methyl sites for hydroxylation is 1. The van der Waals surface area contributed by atoms with Gasteiger partial charge in [0.15, 0.2) is 0 Å². The van der Waals surface area contributed by atoms with Crippen LogP contribution in [0.3, 0.4) is 0 Å². The zero-order chi connectivity index (χ0) is 11.1. The van der Waals surface area contributed by atoms with Crippen LogP contribution in [-0.2, 0) is 13.1 Å². The maximum Gasteiger partial charge on any atom is 0.0664 e. The molecule has 86 valence electrons. The van der Waals surface area contributed by atoms with Crippen molar-refractivity contribution in [3.63, 3.8) is 0 Å². The Morgan fingerprint density at radius 3 is 2.93 bits per heavy atom. The van der Waals surface area contributed by atoms with Crippen LogP contribution in [0.4, 0.5) is 0 Å². The van der Waals surface area contributed by atoms with Crippen molar-refractivity contribution in [2.75, 3.05) is 6.54 Å². The summed E-state index contributed by atoms with van der Waals surface area (Å²) in [4.78, 5) is 0. The third kappa shape index (κ3) is 4.44. The molecule has 1 aromatic rings. The van der Waals surface area contributed by atoms with E-state index in [-0.39, 0.29) is 6.10 Å². The summed E-state index contributed by atoms with van der Waals surface area (Å²) in [5, 5.41) is 16.9. The van der Waals surface area contributed by atoms with Gasteiger partial charge in [-0.2, -0.15) is 5.10 Å². The molecule has 0 aromatic carbocycles. The van der Waals surface area contributed by atoms with Crippen molar-refractivity contribution in [3.05, 3.63) is 18.0 Å². The molecule has 0 aliphatic heterocycles. The van der Waals surface area contributed by atoms with Crippen LogP contribution < -0.4 is 5.32 Å². The quantitative estimate of drug-likeness (QED) is 0.711. The Labute approximate surface area is 91.3 Å². The molecular weight excluding hydrogens is 190 g/mol. The topological polar surface area (TPSA) is 50.1 Å². The van der Waals surface area contributed by atoms with E-state index in [1.165, 1.54) is 5.56 Å². The molecule has 0 saturated heterocycles. The molecule has 1 atom stereocenters. The number of nitrogens with one attached hydrogen (secondary N) is 1. The Morgan fingerprint density at radius 1 is 1.53 bits per heavy atom. The summed E-state index contributed by atoms with van der Waals surface area (Å²) in [6, 6.07) is 0. The predicted octanol–water partition coefficient (Wildman–Crippen LogP) is 1.15. The summed E-state index contributed by atoms with van der Waals surface area (Å²) < 4.78 is 1.90. The minimum absolute atomic E-state index is 0.226. The summed E-state index contributed by atoms with van der Waals surface area (Å²) in [6.45, 7) is 6.48. The van der Waals surface area contributed by atoms with Crippen LogP contribution in [-0.4, -0.2) is 27.5 Å². The molecule has 1 rings (SSSR count). The number of aliphatic hydroxyl groups excluding tert-OH is 1. The predicted molar refractivity (Wildman–Crippen MR) is 60.5 cm³/mol. The molecule has 1 aromatic heterocycles. The second kappa shape index (κ2) is 6.58.